The van der Waals surface area contributed by atoms with Crippen molar-refractivity contribution in [3.05, 3.63) is 53.6 Å². The Labute approximate surface area is 178 Å². The zero-order valence-corrected chi connectivity index (χ0v) is 17.6. The van der Waals surface area contributed by atoms with E-state index in [9.17, 15) is 14.0 Å². The van der Waals surface area contributed by atoms with Crippen molar-refractivity contribution >= 4 is 22.8 Å². The number of amides is 2. The number of aromatic nitrogens is 3. The smallest absolute Gasteiger partial charge is 0.279 e. The highest BCUT2D eigenvalue weighted by Crippen LogP contribution is 2.40. The first-order chi connectivity index (χ1) is 14.8. The Morgan fingerprint density at radius 2 is 1.87 bits per heavy atom. The van der Waals surface area contributed by atoms with Crippen LogP contribution >= 0.6 is 0 Å². The van der Waals surface area contributed by atoms with Gasteiger partial charge in [-0.3, -0.25) is 20.4 Å². The van der Waals surface area contributed by atoms with Crippen LogP contribution in [0.3, 0.4) is 0 Å². The van der Waals surface area contributed by atoms with E-state index < -0.39 is 23.7 Å². The van der Waals surface area contributed by atoms with E-state index in [1.807, 2.05) is 13.8 Å². The minimum atomic E-state index is -0.895. The normalized spacial score (nSPS) is 14.5. The molecule has 1 aliphatic carbocycles. The highest BCUT2D eigenvalue weighted by Gasteiger charge is 2.28. The lowest BCUT2D eigenvalue weighted by Crippen LogP contribution is -2.47. The number of rotatable bonds is 6. The summed E-state index contributed by atoms with van der Waals surface area (Å²) in [7, 11) is 0. The van der Waals surface area contributed by atoms with E-state index >= 15 is 0 Å². The largest absolute Gasteiger partial charge is 0.481 e. The average molecular weight is 425 g/mol. The van der Waals surface area contributed by atoms with Crippen LogP contribution < -0.4 is 15.6 Å². The van der Waals surface area contributed by atoms with Crippen molar-refractivity contribution in [3.63, 3.8) is 0 Å². The van der Waals surface area contributed by atoms with Crippen molar-refractivity contribution in [1.82, 2.24) is 25.6 Å². The summed E-state index contributed by atoms with van der Waals surface area (Å²) in [5.74, 6) is -0.693. The maximum Gasteiger partial charge on any atom is 0.279 e. The summed E-state index contributed by atoms with van der Waals surface area (Å²) in [5, 5.41) is 5.00. The van der Waals surface area contributed by atoms with Gasteiger partial charge in [0.2, 0.25) is 0 Å². The van der Waals surface area contributed by atoms with Gasteiger partial charge in [-0.1, -0.05) is 0 Å². The van der Waals surface area contributed by atoms with Crippen LogP contribution in [-0.2, 0) is 4.79 Å². The van der Waals surface area contributed by atoms with Crippen molar-refractivity contribution in [2.75, 3.05) is 0 Å². The maximum absolute atomic E-state index is 13.0. The summed E-state index contributed by atoms with van der Waals surface area (Å²) in [4.78, 5) is 29.9. The van der Waals surface area contributed by atoms with Gasteiger partial charge in [-0.25, -0.2) is 14.1 Å². The molecule has 1 saturated carbocycles. The molecular weight excluding hydrogens is 401 g/mol. The molecule has 9 heteroatoms. The van der Waals surface area contributed by atoms with Crippen LogP contribution in [0.2, 0.25) is 0 Å². The van der Waals surface area contributed by atoms with Crippen molar-refractivity contribution < 1.29 is 18.7 Å². The van der Waals surface area contributed by atoms with Crippen LogP contribution in [0, 0.1) is 5.82 Å². The Kier molecular flexibility index (Phi) is 5.58. The van der Waals surface area contributed by atoms with E-state index in [0.29, 0.717) is 28.3 Å². The van der Waals surface area contributed by atoms with Crippen molar-refractivity contribution in [2.24, 2.45) is 0 Å². The Balaban J connectivity index is 1.48. The molecule has 2 amide bonds. The summed E-state index contributed by atoms with van der Waals surface area (Å²) < 4.78 is 20.3. The lowest BCUT2D eigenvalue weighted by molar-refractivity contribution is -0.128. The predicted molar refractivity (Wildman–Crippen MR) is 112 cm³/mol. The van der Waals surface area contributed by atoms with Gasteiger partial charge in [0.1, 0.15) is 11.6 Å². The highest BCUT2D eigenvalue weighted by molar-refractivity contribution is 6.06. The van der Waals surface area contributed by atoms with E-state index in [1.54, 1.807) is 16.9 Å². The molecule has 2 N–H and O–H groups in total. The summed E-state index contributed by atoms with van der Waals surface area (Å²) in [6, 6.07) is 7.20. The van der Waals surface area contributed by atoms with Gasteiger partial charge in [-0.2, -0.15) is 5.10 Å². The molecule has 1 fully saturated rings. The zero-order valence-electron chi connectivity index (χ0n) is 17.6. The molecule has 4 rings (SSSR count). The number of hydrazine groups is 1. The maximum atomic E-state index is 13.0. The van der Waals surface area contributed by atoms with Gasteiger partial charge < -0.3 is 4.74 Å². The SMILES string of the molecule is CC(Oc1ccc(F)cc1)C(=O)NNC(=O)c1cc(C2CC2)nc2c1cnn2C(C)C. The first-order valence-corrected chi connectivity index (χ1v) is 10.2. The molecule has 31 heavy (non-hydrogen) atoms. The van der Waals surface area contributed by atoms with E-state index in [2.05, 4.69) is 16.0 Å². The van der Waals surface area contributed by atoms with Crippen LogP contribution in [0.15, 0.2) is 36.5 Å². The molecular formula is C22H24FN5O3. The molecule has 2 aromatic heterocycles. The van der Waals surface area contributed by atoms with Crippen LogP contribution in [-0.4, -0.2) is 32.7 Å². The standard InChI is InChI=1S/C22H24FN5O3/c1-12(2)28-20-18(11-24-28)17(10-19(25-20)14-4-5-14)22(30)27-26-21(29)13(3)31-16-8-6-15(23)7-9-16/h6-14H,4-5H2,1-3H3,(H,26,29)(H,27,30). The second-order valence-electron chi connectivity index (χ2n) is 7.95. The molecule has 0 bridgehead atoms. The zero-order chi connectivity index (χ0) is 22.1. The quantitative estimate of drug-likeness (QED) is 0.591. The number of hydrogen-bond acceptors (Lipinski definition) is 5. The van der Waals surface area contributed by atoms with E-state index in [1.165, 1.54) is 31.2 Å². The second-order valence-corrected chi connectivity index (χ2v) is 7.95. The molecule has 8 nitrogen and oxygen atoms in total. The first kappa shape index (κ1) is 20.8. The van der Waals surface area contributed by atoms with Crippen LogP contribution in [0.5, 0.6) is 5.75 Å². The van der Waals surface area contributed by atoms with Crippen LogP contribution in [0.1, 0.15) is 61.6 Å². The van der Waals surface area contributed by atoms with E-state index in [0.717, 1.165) is 18.5 Å². The molecule has 1 aromatic carbocycles. The Morgan fingerprint density at radius 1 is 1.16 bits per heavy atom. The fourth-order valence-electron chi connectivity index (χ4n) is 3.25. The number of hydrogen-bond donors (Lipinski definition) is 2. The number of nitrogens with zero attached hydrogens (tertiary/aromatic N) is 3. The molecule has 0 aliphatic heterocycles. The fraction of sp³-hybridized carbons (Fsp3) is 0.364. The minimum Gasteiger partial charge on any atom is -0.481 e. The van der Waals surface area contributed by atoms with E-state index in [4.69, 9.17) is 9.72 Å². The third-order valence-corrected chi connectivity index (χ3v) is 5.11. The third kappa shape index (κ3) is 4.50. The number of pyridine rings is 1. The predicted octanol–water partition coefficient (Wildman–Crippen LogP) is 3.26. The minimum absolute atomic E-state index is 0.0968. The molecule has 0 spiro atoms. The van der Waals surface area contributed by atoms with Crippen LogP contribution in [0.4, 0.5) is 4.39 Å². The van der Waals surface area contributed by atoms with Crippen LogP contribution in [0.25, 0.3) is 11.0 Å². The molecule has 1 unspecified atom stereocenters. The van der Waals surface area contributed by atoms with Gasteiger partial charge in [0, 0.05) is 17.7 Å². The van der Waals surface area contributed by atoms with Crippen molar-refractivity contribution in [3.8, 4) is 5.75 Å². The summed E-state index contributed by atoms with van der Waals surface area (Å²) in [6.45, 7) is 5.54. The fourth-order valence-corrected chi connectivity index (χ4v) is 3.25. The number of carbonyl (C=O) groups excluding carboxylic acids is 2. The summed E-state index contributed by atoms with van der Waals surface area (Å²) >= 11 is 0. The third-order valence-electron chi connectivity index (χ3n) is 5.11. The molecule has 0 saturated heterocycles. The molecule has 0 radical (unpaired) electrons. The highest BCUT2D eigenvalue weighted by atomic mass is 19.1. The monoisotopic (exact) mass is 425 g/mol. The van der Waals surface area contributed by atoms with Gasteiger partial charge in [-0.05, 0) is 63.9 Å². The molecule has 2 heterocycles. The topological polar surface area (TPSA) is 98.1 Å². The van der Waals surface area contributed by atoms with Gasteiger partial charge in [0.15, 0.2) is 11.8 Å². The Morgan fingerprint density at radius 3 is 2.52 bits per heavy atom. The number of halogens is 1. The Bertz CT molecular complexity index is 1120. The molecule has 162 valence electrons. The summed E-state index contributed by atoms with van der Waals surface area (Å²) in [5.41, 5.74) is 6.76. The lowest BCUT2D eigenvalue weighted by atomic mass is 10.1. The van der Waals surface area contributed by atoms with Gasteiger partial charge >= 0.3 is 0 Å². The van der Waals surface area contributed by atoms with Crippen molar-refractivity contribution in [1.29, 1.82) is 0 Å². The number of fused-ring (bicyclic) bond motifs is 1. The molecule has 3 aromatic rings. The summed E-state index contributed by atoms with van der Waals surface area (Å²) in [6.07, 6.45) is 2.82. The lowest BCUT2D eigenvalue weighted by Gasteiger charge is -2.15. The van der Waals surface area contributed by atoms with Gasteiger partial charge in [-0.15, -0.1) is 0 Å². The number of carbonyl (C=O) groups is 2. The van der Waals surface area contributed by atoms with Crippen molar-refractivity contribution in [2.45, 2.75) is 51.7 Å². The molecule has 1 aliphatic rings. The average Bonchev–Trinajstić information content (AvgIpc) is 3.51. The number of nitrogens with one attached hydrogen (secondary N) is 2. The second kappa shape index (κ2) is 8.33. The van der Waals surface area contributed by atoms with Gasteiger partial charge in [0.05, 0.1) is 17.1 Å². The number of benzene rings is 1. The molecule has 1 atom stereocenters. The number of ether oxygens (including phenoxy) is 1. The first-order valence-electron chi connectivity index (χ1n) is 10.2. The Hall–Kier alpha value is -3.49. The van der Waals surface area contributed by atoms with E-state index in [-0.39, 0.29) is 6.04 Å². The van der Waals surface area contributed by atoms with Gasteiger partial charge in [0.25, 0.3) is 11.8 Å².